The Morgan fingerprint density at radius 1 is 1.11 bits per heavy atom. The summed E-state index contributed by atoms with van der Waals surface area (Å²) in [6.07, 6.45) is 0.473. The Hall–Kier alpha value is -0.720. The number of anilines is 1. The van der Waals surface area contributed by atoms with Crippen molar-refractivity contribution >= 4 is 28.9 Å². The van der Waals surface area contributed by atoms with Gasteiger partial charge in [0, 0.05) is 12.2 Å². The molecule has 0 atom stereocenters. The zero-order valence-electron chi connectivity index (χ0n) is 9.36. The molecule has 0 spiro atoms. The van der Waals surface area contributed by atoms with Gasteiger partial charge in [0.15, 0.2) is 0 Å². The van der Waals surface area contributed by atoms with E-state index in [2.05, 4.69) is 28.5 Å². The van der Waals surface area contributed by atoms with Crippen LogP contribution in [-0.4, -0.2) is 22.4 Å². The molecule has 106 valence electrons. The number of hydrogen-bond donors (Lipinski definition) is 2. The molecule has 0 amide bonds. The van der Waals surface area contributed by atoms with E-state index in [0.29, 0.717) is 24.2 Å². The van der Waals surface area contributed by atoms with Gasteiger partial charge < -0.3 is 10.4 Å². The lowest BCUT2D eigenvalue weighted by Gasteiger charge is -2.35. The van der Waals surface area contributed by atoms with Gasteiger partial charge in [-0.1, -0.05) is 12.1 Å². The van der Waals surface area contributed by atoms with E-state index >= 15 is 0 Å². The Morgan fingerprint density at radius 3 is 2.21 bits per heavy atom. The predicted octanol–water partition coefficient (Wildman–Crippen LogP) is 3.51. The van der Waals surface area contributed by atoms with E-state index in [1.54, 1.807) is 0 Å². The molecule has 0 unspecified atom stereocenters. The van der Waals surface area contributed by atoms with Gasteiger partial charge in [0.25, 0.3) is 0 Å². The van der Waals surface area contributed by atoms with E-state index in [4.69, 9.17) is 0 Å². The summed E-state index contributed by atoms with van der Waals surface area (Å²) in [5.41, 5.74) is -3.53. The molecular formula is C11H9Cl2F4NO. The number of rotatable bonds is 3. The van der Waals surface area contributed by atoms with E-state index in [1.165, 1.54) is 6.07 Å². The maximum absolute atomic E-state index is 13.2. The van der Waals surface area contributed by atoms with Crippen molar-refractivity contribution in [2.45, 2.75) is 22.8 Å². The van der Waals surface area contributed by atoms with Crippen molar-refractivity contribution in [2.24, 2.45) is 0 Å². The standard InChI is InChI=1S/C11H9Cl2F4NO/c12-10(14,15)9(19,11(13,16)17)7-1-2-8-6(5-7)3-4-18-8/h1-2,5,18-19H,3-4H2. The normalized spacial score (nSPS) is 16.2. The van der Waals surface area contributed by atoms with Gasteiger partial charge in [-0.3, -0.25) is 0 Å². The van der Waals surface area contributed by atoms with Gasteiger partial charge in [-0.05, 0) is 46.8 Å². The van der Waals surface area contributed by atoms with Crippen LogP contribution in [0.2, 0.25) is 0 Å². The SMILES string of the molecule is OC(c1ccc2c(c1)CCN2)(C(F)(F)Cl)C(F)(F)Cl. The maximum Gasteiger partial charge on any atom is 0.361 e. The fourth-order valence-corrected chi connectivity index (χ4v) is 2.52. The minimum atomic E-state index is -4.63. The zero-order chi connectivity index (χ0) is 14.5. The molecule has 0 saturated heterocycles. The van der Waals surface area contributed by atoms with Crippen molar-refractivity contribution in [2.75, 3.05) is 11.9 Å². The third kappa shape index (κ3) is 2.26. The molecule has 0 radical (unpaired) electrons. The van der Waals surface area contributed by atoms with Gasteiger partial charge >= 0.3 is 10.8 Å². The zero-order valence-corrected chi connectivity index (χ0v) is 10.9. The molecule has 0 aliphatic carbocycles. The van der Waals surface area contributed by atoms with Crippen LogP contribution in [0.5, 0.6) is 0 Å². The third-order valence-electron chi connectivity index (χ3n) is 3.05. The summed E-state index contributed by atoms with van der Waals surface area (Å²) < 4.78 is 53.0. The van der Waals surface area contributed by atoms with Gasteiger partial charge in [0.2, 0.25) is 5.60 Å². The van der Waals surface area contributed by atoms with E-state index in [9.17, 15) is 22.7 Å². The van der Waals surface area contributed by atoms with Crippen molar-refractivity contribution in [3.63, 3.8) is 0 Å². The highest BCUT2D eigenvalue weighted by atomic mass is 35.5. The highest BCUT2D eigenvalue weighted by Crippen LogP contribution is 2.52. The fraction of sp³-hybridized carbons (Fsp3) is 0.455. The molecule has 0 saturated carbocycles. The fourth-order valence-electron chi connectivity index (χ4n) is 2.02. The van der Waals surface area contributed by atoms with Crippen LogP contribution < -0.4 is 5.32 Å². The minimum absolute atomic E-state index is 0.473. The second-order valence-electron chi connectivity index (χ2n) is 4.25. The van der Waals surface area contributed by atoms with Gasteiger partial charge in [-0.15, -0.1) is 0 Å². The first-order valence-corrected chi connectivity index (χ1v) is 6.06. The number of nitrogens with one attached hydrogen (secondary N) is 1. The van der Waals surface area contributed by atoms with Gasteiger partial charge in [0.1, 0.15) is 0 Å². The topological polar surface area (TPSA) is 32.3 Å². The van der Waals surface area contributed by atoms with Crippen LogP contribution in [0.3, 0.4) is 0 Å². The summed E-state index contributed by atoms with van der Waals surface area (Å²) in [6, 6.07) is 3.33. The molecule has 0 fully saturated rings. The summed E-state index contributed by atoms with van der Waals surface area (Å²) >= 11 is 9.29. The lowest BCUT2D eigenvalue weighted by molar-refractivity contribution is -0.224. The lowest BCUT2D eigenvalue weighted by atomic mass is 9.92. The Kier molecular flexibility index (Phi) is 3.40. The minimum Gasteiger partial charge on any atom is -0.384 e. The molecule has 1 heterocycles. The van der Waals surface area contributed by atoms with Crippen LogP contribution in [0.1, 0.15) is 11.1 Å². The van der Waals surface area contributed by atoms with Gasteiger partial charge in [0.05, 0.1) is 0 Å². The van der Waals surface area contributed by atoms with Crippen LogP contribution in [0.15, 0.2) is 18.2 Å². The Balaban J connectivity index is 2.57. The molecule has 2 nitrogen and oxygen atoms in total. The number of alkyl halides is 6. The highest BCUT2D eigenvalue weighted by molar-refractivity contribution is 6.26. The first kappa shape index (κ1) is 14.7. The summed E-state index contributed by atoms with van der Waals surface area (Å²) in [5.74, 6) is 0. The van der Waals surface area contributed by atoms with Crippen molar-refractivity contribution in [1.82, 2.24) is 0 Å². The number of halogens is 6. The van der Waals surface area contributed by atoms with E-state index in [1.807, 2.05) is 0 Å². The van der Waals surface area contributed by atoms with Crippen LogP contribution in [0.4, 0.5) is 23.2 Å². The summed E-state index contributed by atoms with van der Waals surface area (Å²) in [5, 5.41) is 3.38. The van der Waals surface area contributed by atoms with Crippen LogP contribution in [0, 0.1) is 0 Å². The lowest BCUT2D eigenvalue weighted by Crippen LogP contribution is -2.52. The van der Waals surface area contributed by atoms with Crippen molar-refractivity contribution in [3.05, 3.63) is 29.3 Å². The molecule has 0 bridgehead atoms. The molecule has 19 heavy (non-hydrogen) atoms. The van der Waals surface area contributed by atoms with Crippen molar-refractivity contribution in [3.8, 4) is 0 Å². The molecule has 1 aromatic rings. The summed E-state index contributed by atoms with van der Waals surface area (Å²) in [6.45, 7) is 0.561. The summed E-state index contributed by atoms with van der Waals surface area (Å²) in [4.78, 5) is 0. The van der Waals surface area contributed by atoms with E-state index < -0.39 is 21.9 Å². The first-order valence-electron chi connectivity index (χ1n) is 5.30. The molecule has 1 aromatic carbocycles. The average molecular weight is 318 g/mol. The van der Waals surface area contributed by atoms with Crippen LogP contribution in [0.25, 0.3) is 0 Å². The van der Waals surface area contributed by atoms with Gasteiger partial charge in [-0.25, -0.2) is 0 Å². The van der Waals surface area contributed by atoms with Crippen molar-refractivity contribution < 1.29 is 22.7 Å². The third-order valence-corrected chi connectivity index (χ3v) is 3.60. The maximum atomic E-state index is 13.2. The summed E-state index contributed by atoms with van der Waals surface area (Å²) in [7, 11) is 0. The smallest absolute Gasteiger partial charge is 0.361 e. The number of hydrogen-bond acceptors (Lipinski definition) is 2. The largest absolute Gasteiger partial charge is 0.384 e. The predicted molar refractivity (Wildman–Crippen MR) is 64.1 cm³/mol. The first-order chi connectivity index (χ1) is 8.57. The molecular weight excluding hydrogens is 309 g/mol. The molecule has 0 aromatic heterocycles. The molecule has 1 aliphatic rings. The number of aliphatic hydroxyl groups is 1. The monoisotopic (exact) mass is 317 g/mol. The molecule has 2 N–H and O–H groups in total. The Labute approximate surface area is 116 Å². The Morgan fingerprint density at radius 2 is 1.68 bits per heavy atom. The molecule has 1 aliphatic heterocycles. The second kappa shape index (κ2) is 4.40. The Bertz CT molecular complexity index is 484. The molecule has 8 heteroatoms. The van der Waals surface area contributed by atoms with Crippen molar-refractivity contribution in [1.29, 1.82) is 0 Å². The quantitative estimate of drug-likeness (QED) is 0.660. The number of fused-ring (bicyclic) bond motifs is 1. The van der Waals surface area contributed by atoms with E-state index in [0.717, 1.165) is 12.1 Å². The van der Waals surface area contributed by atoms with Crippen LogP contribution in [-0.2, 0) is 12.0 Å². The number of benzene rings is 1. The van der Waals surface area contributed by atoms with Gasteiger partial charge in [-0.2, -0.15) is 17.6 Å². The average Bonchev–Trinajstić information content (AvgIpc) is 2.71. The highest BCUT2D eigenvalue weighted by Gasteiger charge is 2.68. The van der Waals surface area contributed by atoms with E-state index in [-0.39, 0.29) is 0 Å². The van der Waals surface area contributed by atoms with Crippen LogP contribution >= 0.6 is 23.2 Å². The second-order valence-corrected chi connectivity index (χ2v) is 5.20. The molecule has 2 rings (SSSR count).